The number of fused-ring (bicyclic) bond motifs is 1. The maximum absolute atomic E-state index is 15.4. The van der Waals surface area contributed by atoms with Gasteiger partial charge in [-0.2, -0.15) is 0 Å². The second kappa shape index (κ2) is 11.8. The Labute approximate surface area is 251 Å². The highest BCUT2D eigenvalue weighted by Gasteiger charge is 2.29. The van der Waals surface area contributed by atoms with Crippen LogP contribution in [-0.2, 0) is 4.79 Å². The van der Waals surface area contributed by atoms with Crippen LogP contribution in [0.5, 0.6) is 5.75 Å². The first-order chi connectivity index (χ1) is 20.8. The molecule has 6 rings (SSSR count). The highest BCUT2D eigenvalue weighted by molar-refractivity contribution is 7.14. The van der Waals surface area contributed by atoms with Crippen LogP contribution in [0.4, 0.5) is 15.2 Å². The van der Waals surface area contributed by atoms with E-state index in [-0.39, 0.29) is 29.4 Å². The second-order valence-electron chi connectivity index (χ2n) is 10.8. The third-order valence-electron chi connectivity index (χ3n) is 8.07. The van der Waals surface area contributed by atoms with Crippen molar-refractivity contribution in [1.29, 1.82) is 0 Å². The van der Waals surface area contributed by atoms with Gasteiger partial charge in [-0.25, -0.2) is 14.2 Å². The second-order valence-corrected chi connectivity index (χ2v) is 11.6. The number of carboxylic acid groups (broad SMARTS) is 1. The lowest BCUT2D eigenvalue weighted by Gasteiger charge is -2.36. The molecular formula is C31H32FN5O5S. The minimum atomic E-state index is -1.31. The maximum Gasteiger partial charge on any atom is 0.341 e. The number of amides is 1. The highest BCUT2D eigenvalue weighted by Crippen LogP contribution is 2.38. The van der Waals surface area contributed by atoms with Crippen LogP contribution in [0.25, 0.3) is 22.2 Å². The van der Waals surface area contributed by atoms with Gasteiger partial charge in [0, 0.05) is 61.3 Å². The van der Waals surface area contributed by atoms with Crippen LogP contribution in [0.1, 0.15) is 36.2 Å². The molecule has 1 N–H and O–H groups in total. The first-order valence-corrected chi connectivity index (χ1v) is 15.1. The minimum absolute atomic E-state index is 0.0499. The molecule has 1 aliphatic heterocycles. The molecule has 2 fully saturated rings. The lowest BCUT2D eigenvalue weighted by Crippen LogP contribution is -2.50. The number of aromatic carboxylic acids is 1. The first kappa shape index (κ1) is 28.8. The molecule has 1 aliphatic carbocycles. The van der Waals surface area contributed by atoms with Gasteiger partial charge >= 0.3 is 5.97 Å². The molecule has 0 atom stereocenters. The average molecular weight is 606 g/mol. The van der Waals surface area contributed by atoms with Gasteiger partial charge in [0.2, 0.25) is 11.3 Å². The van der Waals surface area contributed by atoms with Gasteiger partial charge in [-0.1, -0.05) is 0 Å². The fraction of sp³-hybridized carbons (Fsp3) is 0.355. The normalized spacial score (nSPS) is 15.6. The number of ether oxygens (including phenoxy) is 1. The van der Waals surface area contributed by atoms with Gasteiger partial charge in [-0.3, -0.25) is 19.4 Å². The maximum atomic E-state index is 15.4. The summed E-state index contributed by atoms with van der Waals surface area (Å²) in [7, 11) is 1.62. The van der Waals surface area contributed by atoms with E-state index in [1.165, 1.54) is 23.6 Å². The molecule has 0 unspecified atom stereocenters. The molecule has 10 nitrogen and oxygen atoms in total. The number of thiazole rings is 1. The molecule has 3 heterocycles. The molecule has 1 saturated carbocycles. The monoisotopic (exact) mass is 605 g/mol. The number of halogens is 1. The lowest BCUT2D eigenvalue weighted by molar-refractivity contribution is -0.119. The summed E-state index contributed by atoms with van der Waals surface area (Å²) in [6.45, 7) is 4.75. The molecule has 2 aromatic carbocycles. The number of aromatic nitrogens is 2. The molecule has 4 aromatic rings. The van der Waals surface area contributed by atoms with Crippen LogP contribution in [0.3, 0.4) is 0 Å². The Morgan fingerprint density at radius 3 is 2.49 bits per heavy atom. The molecule has 43 heavy (non-hydrogen) atoms. The molecule has 0 radical (unpaired) electrons. The Hall–Kier alpha value is -4.29. The number of likely N-dealkylation sites (N-methyl/N-ethyl adjacent to an activating group) is 1. The van der Waals surface area contributed by atoms with E-state index in [4.69, 9.17) is 9.72 Å². The van der Waals surface area contributed by atoms with Gasteiger partial charge in [0.1, 0.15) is 17.1 Å². The largest absolute Gasteiger partial charge is 0.497 e. The van der Waals surface area contributed by atoms with Crippen LogP contribution in [-0.4, -0.2) is 77.8 Å². The Balaban J connectivity index is 1.14. The Kier molecular flexibility index (Phi) is 7.89. The van der Waals surface area contributed by atoms with Crippen LogP contribution < -0.4 is 20.0 Å². The Bertz CT molecular complexity index is 1740. The molecule has 0 bridgehead atoms. The van der Waals surface area contributed by atoms with Crippen molar-refractivity contribution in [1.82, 2.24) is 14.5 Å². The first-order valence-electron chi connectivity index (χ1n) is 14.3. The van der Waals surface area contributed by atoms with E-state index in [9.17, 15) is 19.5 Å². The van der Waals surface area contributed by atoms with E-state index in [2.05, 4.69) is 4.90 Å². The van der Waals surface area contributed by atoms with E-state index in [1.54, 1.807) is 22.6 Å². The predicted octanol–water partition coefficient (Wildman–Crippen LogP) is 4.48. The number of hydrogen-bond acceptors (Lipinski definition) is 8. The fourth-order valence-electron chi connectivity index (χ4n) is 5.53. The number of methoxy groups -OCH3 is 1. The summed E-state index contributed by atoms with van der Waals surface area (Å²) < 4.78 is 22.4. The molecule has 0 spiro atoms. The number of hydrogen-bond donors (Lipinski definition) is 1. The van der Waals surface area contributed by atoms with Crippen molar-refractivity contribution in [3.63, 3.8) is 0 Å². The van der Waals surface area contributed by atoms with Gasteiger partial charge in [0.15, 0.2) is 5.13 Å². The number of piperazine rings is 1. The van der Waals surface area contributed by atoms with E-state index < -0.39 is 17.2 Å². The van der Waals surface area contributed by atoms with Crippen molar-refractivity contribution in [2.45, 2.75) is 25.8 Å². The lowest BCUT2D eigenvalue weighted by atomic mass is 10.1. The van der Waals surface area contributed by atoms with Crippen molar-refractivity contribution in [2.75, 3.05) is 56.2 Å². The molecule has 12 heteroatoms. The summed E-state index contributed by atoms with van der Waals surface area (Å²) in [6.07, 6.45) is 3.15. The van der Waals surface area contributed by atoms with Gasteiger partial charge in [0.05, 0.1) is 30.6 Å². The van der Waals surface area contributed by atoms with Gasteiger partial charge < -0.3 is 19.3 Å². The summed E-state index contributed by atoms with van der Waals surface area (Å²) in [6, 6.07) is 10.6. The zero-order valence-corrected chi connectivity index (χ0v) is 24.8. The van der Waals surface area contributed by atoms with Crippen molar-refractivity contribution in [3.05, 3.63) is 69.6 Å². The van der Waals surface area contributed by atoms with Crippen molar-refractivity contribution in [3.8, 4) is 17.0 Å². The van der Waals surface area contributed by atoms with Gasteiger partial charge in [-0.05, 0) is 56.2 Å². The van der Waals surface area contributed by atoms with Crippen molar-refractivity contribution in [2.24, 2.45) is 0 Å². The van der Waals surface area contributed by atoms with Crippen LogP contribution in [0.15, 0.2) is 52.8 Å². The molecule has 224 valence electrons. The number of carboxylic acids is 1. The molecule has 2 aromatic heterocycles. The Morgan fingerprint density at radius 1 is 1.14 bits per heavy atom. The molecule has 1 saturated heterocycles. The SMILES string of the molecule is CCN(C(=O)CN1CCN(c2cc3c(cc2F)c(=O)c(C(=O)O)cn3C2CC2)CC1)c1nc(-c2ccc(OC)cc2)cs1. The number of nitrogens with zero attached hydrogens (tertiary/aromatic N) is 5. The molecular weight excluding hydrogens is 573 g/mol. The zero-order valence-electron chi connectivity index (χ0n) is 24.0. The zero-order chi connectivity index (χ0) is 30.2. The van der Waals surface area contributed by atoms with E-state index in [0.29, 0.717) is 49.1 Å². The summed E-state index contributed by atoms with van der Waals surface area (Å²) in [5, 5.41) is 12.2. The van der Waals surface area contributed by atoms with Crippen LogP contribution >= 0.6 is 11.3 Å². The predicted molar refractivity (Wildman–Crippen MR) is 164 cm³/mol. The molecule has 2 aliphatic rings. The molecule has 1 amide bonds. The quantitative estimate of drug-likeness (QED) is 0.298. The smallest absolute Gasteiger partial charge is 0.341 e. The topological polar surface area (TPSA) is 108 Å². The number of rotatable bonds is 9. The number of pyridine rings is 1. The van der Waals surface area contributed by atoms with Crippen LogP contribution in [0.2, 0.25) is 0 Å². The van der Waals surface area contributed by atoms with Gasteiger partial charge in [0.25, 0.3) is 0 Å². The standard InChI is InChI=1S/C31H32FN5O5S/c1-3-36(31-33-25(18-43-31)19-4-8-21(42-2)9-5-19)28(38)17-34-10-12-35(13-11-34)27-15-26-22(14-24(27)32)29(39)23(30(40)41)16-37(26)20-6-7-20/h4-5,8-9,14-16,18,20H,3,6-7,10-13,17H2,1-2H3,(H,40,41). The average Bonchev–Trinajstić information content (AvgIpc) is 3.74. The van der Waals surface area contributed by atoms with Crippen molar-refractivity contribution < 1.29 is 23.8 Å². The Morgan fingerprint density at radius 2 is 1.86 bits per heavy atom. The number of carbonyl (C=O) groups excluding carboxylic acids is 1. The number of benzene rings is 2. The third-order valence-corrected chi connectivity index (χ3v) is 8.93. The summed E-state index contributed by atoms with van der Waals surface area (Å²) in [4.78, 5) is 48.1. The minimum Gasteiger partial charge on any atom is -0.497 e. The fourth-order valence-corrected chi connectivity index (χ4v) is 6.45. The van der Waals surface area contributed by atoms with Gasteiger partial charge in [-0.15, -0.1) is 11.3 Å². The van der Waals surface area contributed by atoms with E-state index in [1.807, 2.05) is 41.5 Å². The van der Waals surface area contributed by atoms with E-state index in [0.717, 1.165) is 29.8 Å². The third kappa shape index (κ3) is 5.72. The van der Waals surface area contributed by atoms with E-state index >= 15 is 4.39 Å². The summed E-state index contributed by atoms with van der Waals surface area (Å²) in [5.74, 6) is -1.16. The summed E-state index contributed by atoms with van der Waals surface area (Å²) >= 11 is 1.43. The summed E-state index contributed by atoms with van der Waals surface area (Å²) in [5.41, 5.74) is 1.64. The highest BCUT2D eigenvalue weighted by atomic mass is 32.1. The van der Waals surface area contributed by atoms with Crippen molar-refractivity contribution >= 4 is 44.9 Å². The number of anilines is 2. The number of carbonyl (C=O) groups is 2. The van der Waals surface area contributed by atoms with Crippen LogP contribution in [0, 0.1) is 5.82 Å².